The Morgan fingerprint density at radius 1 is 0.432 bits per heavy atom. The minimum atomic E-state index is -0.811. The first-order valence-corrected chi connectivity index (χ1v) is 41.3. The van der Waals surface area contributed by atoms with Crippen LogP contribution in [0.5, 0.6) is 5.88 Å². The number of benzene rings is 4. The molecule has 4 aromatic carbocycles. The summed E-state index contributed by atoms with van der Waals surface area (Å²) in [6.45, 7) is 9.20. The monoisotopic (exact) mass is 1580 g/mol. The Labute approximate surface area is 660 Å². The number of nitrogens with zero attached hydrogens (tertiary/aromatic N) is 11. The van der Waals surface area contributed by atoms with E-state index in [0.29, 0.717) is 56.9 Å². The molecule has 0 unspecified atom stereocenters. The van der Waals surface area contributed by atoms with Crippen LogP contribution in [0.25, 0.3) is 64.7 Å². The highest BCUT2D eigenvalue weighted by Crippen LogP contribution is 2.37. The second kappa shape index (κ2) is 35.9. The molecule has 0 amide bonds. The second-order valence-electron chi connectivity index (χ2n) is 27.1. The van der Waals surface area contributed by atoms with Crippen molar-refractivity contribution in [1.29, 1.82) is 0 Å². The van der Waals surface area contributed by atoms with Gasteiger partial charge >= 0.3 is 29.6 Å². The van der Waals surface area contributed by atoms with Gasteiger partial charge in [0.1, 0.15) is 37.7 Å². The molecular weight excluding hydrogens is 1500 g/mol. The summed E-state index contributed by atoms with van der Waals surface area (Å²) in [6, 6.07) is 48.9. The third-order valence-corrected chi connectivity index (χ3v) is 24.6. The third-order valence-electron chi connectivity index (χ3n) is 19.3. The zero-order chi connectivity index (χ0) is 77.8. The number of carboxylic acid groups (broad SMARTS) is 4. The highest BCUT2D eigenvalue weighted by Gasteiger charge is 2.23. The lowest BCUT2D eigenvalue weighted by Crippen LogP contribution is -2.23. The normalized spacial score (nSPS) is 11.4. The molecule has 0 spiro atoms. The molecule has 0 radical (unpaired) electrons. The SMILES string of the molecule is Cc1cccc2c1c(Cc1c(SCCCC(=O)O)nc3ccccn13)cn2C.Cc1cccc2c1n(Cc1c(SCCCC(=O)O)nc3ccccn13)c(=O)n2C.Cc1cccc2scc(Cc3c(OCCCC(=O)O)nc4ccccn34)c12.Cc1cccc2scc(Cc3c(SCCCC(=O)O)nc4ccccn34)c12. The molecule has 0 saturated carbocycles. The fourth-order valence-corrected chi connectivity index (χ4v) is 19.1. The number of carbonyl (C=O) groups is 4. The average Bonchev–Trinajstić information content (AvgIpc) is 1.60. The molecule has 0 fully saturated rings. The van der Waals surface area contributed by atoms with Gasteiger partial charge in [-0.25, -0.2) is 19.7 Å². The number of aryl methyl sites for hydroxylation is 6. The van der Waals surface area contributed by atoms with Crippen LogP contribution < -0.4 is 10.4 Å². The first kappa shape index (κ1) is 78.2. The molecule has 26 heteroatoms. The van der Waals surface area contributed by atoms with E-state index in [-0.39, 0.29) is 31.4 Å². The lowest BCUT2D eigenvalue weighted by molar-refractivity contribution is -0.138. The molecule has 0 bridgehead atoms. The number of hydrogen-bond donors (Lipinski definition) is 4. The van der Waals surface area contributed by atoms with E-state index in [1.165, 1.54) is 81.9 Å². The van der Waals surface area contributed by atoms with Crippen LogP contribution in [0.4, 0.5) is 0 Å². The van der Waals surface area contributed by atoms with Crippen LogP contribution in [-0.2, 0) is 59.1 Å². The number of pyridine rings is 4. The van der Waals surface area contributed by atoms with Crippen LogP contribution in [0.3, 0.4) is 0 Å². The molecule has 111 heavy (non-hydrogen) atoms. The summed E-state index contributed by atoms with van der Waals surface area (Å²) >= 11 is 8.38. The zero-order valence-electron chi connectivity index (χ0n) is 62.4. The van der Waals surface area contributed by atoms with Gasteiger partial charge in [-0.05, 0) is 187 Å². The van der Waals surface area contributed by atoms with E-state index in [9.17, 15) is 24.0 Å². The number of fused-ring (bicyclic) bond motifs is 8. The first-order valence-electron chi connectivity index (χ1n) is 36.6. The Morgan fingerprint density at radius 3 is 1.32 bits per heavy atom. The van der Waals surface area contributed by atoms with Crippen molar-refractivity contribution in [3.8, 4) is 5.88 Å². The van der Waals surface area contributed by atoms with E-state index < -0.39 is 23.9 Å². The van der Waals surface area contributed by atoms with E-state index >= 15 is 0 Å². The fourth-order valence-electron chi connectivity index (χ4n) is 14.1. The Hall–Kier alpha value is -10.9. The van der Waals surface area contributed by atoms with E-state index in [4.69, 9.17) is 40.1 Å². The Bertz CT molecular complexity index is 5950. The van der Waals surface area contributed by atoms with Crippen molar-refractivity contribution in [1.82, 2.24) is 51.2 Å². The van der Waals surface area contributed by atoms with Crippen LogP contribution in [0, 0.1) is 27.7 Å². The molecule has 0 atom stereocenters. The molecule has 570 valence electrons. The average molecular weight is 1580 g/mol. The molecule has 4 N–H and O–H groups in total. The summed E-state index contributed by atoms with van der Waals surface area (Å²) in [5, 5.41) is 46.6. The third kappa shape index (κ3) is 18.1. The summed E-state index contributed by atoms with van der Waals surface area (Å²) in [4.78, 5) is 74.9. The maximum absolute atomic E-state index is 13.0. The fraction of sp³-hybridized carbons (Fsp3) is 0.259. The van der Waals surface area contributed by atoms with Gasteiger partial charge < -0.3 is 42.9 Å². The number of carboxylic acids is 4. The maximum Gasteiger partial charge on any atom is 0.329 e. The van der Waals surface area contributed by atoms with Gasteiger partial charge in [0.05, 0.1) is 47.0 Å². The summed E-state index contributed by atoms with van der Waals surface area (Å²) in [5.41, 5.74) is 19.5. The largest absolute Gasteiger partial charge is 0.481 e. The molecular formula is C85H85N11O10S5. The number of thioether (sulfide) groups is 3. The van der Waals surface area contributed by atoms with Crippen LogP contribution in [0.2, 0.25) is 0 Å². The van der Waals surface area contributed by atoms with Gasteiger partial charge in [0, 0.05) is 128 Å². The quantitative estimate of drug-likeness (QED) is 0.0262. The first-order chi connectivity index (χ1) is 53.8. The smallest absolute Gasteiger partial charge is 0.329 e. The highest BCUT2D eigenvalue weighted by molar-refractivity contribution is 7.99. The minimum absolute atomic E-state index is 0.0676. The van der Waals surface area contributed by atoms with Crippen LogP contribution in [0.15, 0.2) is 207 Å². The molecule has 0 saturated heterocycles. The molecule has 16 rings (SSSR count). The predicted molar refractivity (Wildman–Crippen MR) is 446 cm³/mol. The van der Waals surface area contributed by atoms with Gasteiger partial charge in [-0.1, -0.05) is 72.8 Å². The molecule has 0 aliphatic carbocycles. The van der Waals surface area contributed by atoms with Crippen molar-refractivity contribution in [3.63, 3.8) is 0 Å². The second-order valence-corrected chi connectivity index (χ2v) is 32.2. The van der Waals surface area contributed by atoms with Gasteiger partial charge in [-0.2, -0.15) is 4.98 Å². The molecule has 21 nitrogen and oxygen atoms in total. The van der Waals surface area contributed by atoms with Crippen molar-refractivity contribution in [3.05, 3.63) is 260 Å². The summed E-state index contributed by atoms with van der Waals surface area (Å²) < 4.78 is 22.5. The van der Waals surface area contributed by atoms with Gasteiger partial charge in [-0.3, -0.25) is 32.7 Å². The van der Waals surface area contributed by atoms with Crippen molar-refractivity contribution >= 4 is 147 Å². The van der Waals surface area contributed by atoms with E-state index in [0.717, 1.165) is 95.7 Å². The van der Waals surface area contributed by atoms with Crippen molar-refractivity contribution in [2.24, 2.45) is 14.1 Å². The molecule has 16 aromatic rings. The number of thiophene rings is 2. The number of imidazole rings is 5. The van der Waals surface area contributed by atoms with Gasteiger partial charge in [0.15, 0.2) is 0 Å². The van der Waals surface area contributed by atoms with Crippen molar-refractivity contribution in [2.75, 3.05) is 23.9 Å². The predicted octanol–water partition coefficient (Wildman–Crippen LogP) is 18.1. The van der Waals surface area contributed by atoms with Crippen molar-refractivity contribution in [2.45, 2.75) is 120 Å². The Kier molecular flexibility index (Phi) is 25.3. The zero-order valence-corrected chi connectivity index (χ0v) is 66.5. The Morgan fingerprint density at radius 2 is 0.829 bits per heavy atom. The van der Waals surface area contributed by atoms with E-state index in [1.54, 1.807) is 62.4 Å². The molecule has 0 aliphatic heterocycles. The standard InChI is InChI=1S/C22H23N3O2S.C21H22N4O3S.C21H20N2O3S.C21H20N2O2S2/c1-15-7-5-8-17-21(15)16(14-24(17)2)13-18-22(28-12-6-10-20(26)27)23-19-9-3-4-11-25(18)19;1-14-7-5-8-15-19(14)25(21(28)23(15)2)13-16-20(29-12-6-10-18(26)27)22-17-9-3-4-11-24(16)17;2*1-14-6-4-7-17-20(14)15(13-27-17)12-16-21(26-11-5-9-19(24)25)22-18-8-2-3-10-23(16)18/h3-5,7-9,11,14H,6,10,12-13H2,1-2H3,(H,26,27);3-5,7-9,11H,6,10,12-13H2,1-2H3,(H,26,27);2*2-4,6-8,10,13H,5,9,11-12H2,1H3,(H,24,25). The summed E-state index contributed by atoms with van der Waals surface area (Å²) in [7, 11) is 3.87. The number of para-hydroxylation sites is 1. The molecule has 12 heterocycles. The highest BCUT2D eigenvalue weighted by atomic mass is 32.2. The van der Waals surface area contributed by atoms with Crippen LogP contribution in [-0.4, -0.2) is 119 Å². The number of aliphatic carboxylic acids is 4. The van der Waals surface area contributed by atoms with Crippen LogP contribution >= 0.6 is 58.0 Å². The summed E-state index contributed by atoms with van der Waals surface area (Å²) in [5.74, 6) is -0.350. The summed E-state index contributed by atoms with van der Waals surface area (Å²) in [6.07, 6.45) is 15.5. The van der Waals surface area contributed by atoms with E-state index in [1.807, 2.05) is 119 Å². The number of hydrogen-bond acceptors (Lipinski definition) is 15. The number of rotatable bonds is 28. The van der Waals surface area contributed by atoms with Gasteiger partial charge in [0.2, 0.25) is 5.88 Å². The topological polar surface area (TPSA) is 259 Å². The lowest BCUT2D eigenvalue weighted by Gasteiger charge is -2.08. The number of aromatic nitrogens is 11. The Balaban J connectivity index is 0.000000130. The van der Waals surface area contributed by atoms with Gasteiger partial charge in [0.25, 0.3) is 0 Å². The minimum Gasteiger partial charge on any atom is -0.481 e. The molecule has 12 aromatic heterocycles. The van der Waals surface area contributed by atoms with Gasteiger partial charge in [-0.15, -0.1) is 58.0 Å². The van der Waals surface area contributed by atoms with E-state index in [2.05, 4.69) is 130 Å². The van der Waals surface area contributed by atoms with Crippen LogP contribution in [0.1, 0.15) is 113 Å². The number of ether oxygens (including phenoxy) is 1. The maximum atomic E-state index is 13.0. The lowest BCUT2D eigenvalue weighted by atomic mass is 10.0. The molecule has 0 aliphatic rings. The van der Waals surface area contributed by atoms with Crippen molar-refractivity contribution < 1.29 is 44.3 Å².